The first-order valence-corrected chi connectivity index (χ1v) is 10.8. The van der Waals surface area contributed by atoms with Crippen LogP contribution in [0.4, 0.5) is 4.39 Å². The minimum Gasteiger partial charge on any atom is -0.345 e. The van der Waals surface area contributed by atoms with E-state index in [4.69, 9.17) is 0 Å². The number of carbonyl (C=O) groups is 1. The van der Waals surface area contributed by atoms with Gasteiger partial charge in [0.05, 0.1) is 22.7 Å². The lowest BCUT2D eigenvalue weighted by molar-refractivity contribution is 0.0932. The second kappa shape index (κ2) is 8.53. The fourth-order valence-electron chi connectivity index (χ4n) is 4.05. The van der Waals surface area contributed by atoms with E-state index >= 15 is 0 Å². The lowest BCUT2D eigenvalue weighted by Gasteiger charge is -2.22. The molecule has 2 aromatic carbocycles. The summed E-state index contributed by atoms with van der Waals surface area (Å²) < 4.78 is 16.0. The number of benzene rings is 2. The maximum atomic E-state index is 14.7. The molecule has 6 heteroatoms. The van der Waals surface area contributed by atoms with E-state index in [9.17, 15) is 14.0 Å². The molecule has 1 atom stereocenters. The second-order valence-electron chi connectivity index (χ2n) is 8.72. The number of rotatable bonds is 7. The van der Waals surface area contributed by atoms with Crippen molar-refractivity contribution >= 4 is 16.7 Å². The fourth-order valence-corrected chi connectivity index (χ4v) is 4.05. The Morgan fingerprint density at radius 1 is 1.13 bits per heavy atom. The molecule has 1 aliphatic rings. The Labute approximate surface area is 181 Å². The van der Waals surface area contributed by atoms with Crippen LogP contribution in [-0.4, -0.2) is 17.1 Å². The first-order chi connectivity index (χ1) is 14.9. The van der Waals surface area contributed by atoms with Gasteiger partial charge in [0, 0.05) is 11.9 Å². The van der Waals surface area contributed by atoms with E-state index in [2.05, 4.69) is 10.7 Å². The highest BCUT2D eigenvalue weighted by Crippen LogP contribution is 2.41. The van der Waals surface area contributed by atoms with E-state index in [0.717, 1.165) is 18.4 Å². The summed E-state index contributed by atoms with van der Waals surface area (Å²) in [7, 11) is 0. The number of pyridine rings is 1. The Bertz CT molecular complexity index is 1170. The zero-order valence-electron chi connectivity index (χ0n) is 18.1. The highest BCUT2D eigenvalue weighted by atomic mass is 19.1. The summed E-state index contributed by atoms with van der Waals surface area (Å²) in [5, 5.41) is 3.44. The molecule has 3 aromatic rings. The summed E-state index contributed by atoms with van der Waals surface area (Å²) >= 11 is 0. The van der Waals surface area contributed by atoms with Crippen molar-refractivity contribution in [3.63, 3.8) is 0 Å². The van der Waals surface area contributed by atoms with Crippen LogP contribution in [0.3, 0.4) is 0 Å². The Morgan fingerprint density at radius 2 is 1.84 bits per heavy atom. The van der Waals surface area contributed by atoms with Gasteiger partial charge in [0.25, 0.3) is 11.5 Å². The average molecular weight is 422 g/mol. The highest BCUT2D eigenvalue weighted by Gasteiger charge is 2.34. The van der Waals surface area contributed by atoms with Gasteiger partial charge in [-0.1, -0.05) is 56.3 Å². The number of nitrogens with zero attached hydrogens (tertiary/aromatic N) is 1. The number of hydrogen-bond acceptors (Lipinski definition) is 3. The molecule has 2 N–H and O–H groups in total. The maximum Gasteiger partial charge on any atom is 0.279 e. The molecular weight excluding hydrogens is 393 g/mol. The first-order valence-electron chi connectivity index (χ1n) is 10.8. The van der Waals surface area contributed by atoms with Crippen molar-refractivity contribution in [2.75, 3.05) is 12.0 Å². The van der Waals surface area contributed by atoms with Crippen LogP contribution in [0.1, 0.15) is 54.3 Å². The lowest BCUT2D eigenvalue weighted by atomic mass is 9.99. The molecular formula is C25H28FN3O2. The molecule has 1 aliphatic carbocycles. The number of halogens is 1. The van der Waals surface area contributed by atoms with Crippen molar-refractivity contribution in [3.05, 3.63) is 81.5 Å². The lowest BCUT2D eigenvalue weighted by Crippen LogP contribution is -2.37. The Kier molecular flexibility index (Phi) is 5.81. The van der Waals surface area contributed by atoms with Gasteiger partial charge in [-0.2, -0.15) is 0 Å². The zero-order chi connectivity index (χ0) is 22.1. The third-order valence-corrected chi connectivity index (χ3v) is 5.82. The van der Waals surface area contributed by atoms with Crippen LogP contribution in [0.2, 0.25) is 0 Å². The molecule has 31 heavy (non-hydrogen) atoms. The monoisotopic (exact) mass is 421 g/mol. The van der Waals surface area contributed by atoms with E-state index in [-0.39, 0.29) is 23.3 Å². The molecule has 0 radical (unpaired) electrons. The molecule has 0 aliphatic heterocycles. The van der Waals surface area contributed by atoms with Crippen LogP contribution in [0.25, 0.3) is 10.8 Å². The Morgan fingerprint density at radius 3 is 2.48 bits per heavy atom. The normalized spacial score (nSPS) is 14.6. The van der Waals surface area contributed by atoms with Gasteiger partial charge in [0.1, 0.15) is 5.82 Å². The van der Waals surface area contributed by atoms with Gasteiger partial charge < -0.3 is 10.7 Å². The van der Waals surface area contributed by atoms with Crippen molar-refractivity contribution < 1.29 is 9.18 Å². The van der Waals surface area contributed by atoms with Gasteiger partial charge in [-0.05, 0) is 43.2 Å². The van der Waals surface area contributed by atoms with Gasteiger partial charge in [-0.25, -0.2) is 9.07 Å². The molecule has 1 saturated carbocycles. The molecule has 0 saturated heterocycles. The molecule has 0 bridgehead atoms. The SMILES string of the molecule is Cc1c(C(=O)N[C@H](c2ccccc2)C2CC2)c2cccc(F)c2c(=O)n1NCC(C)C. The molecule has 162 valence electrons. The van der Waals surface area contributed by atoms with E-state index in [1.54, 1.807) is 13.0 Å². The number of hydrogen-bond donors (Lipinski definition) is 2. The van der Waals surface area contributed by atoms with Crippen LogP contribution in [0.5, 0.6) is 0 Å². The minimum atomic E-state index is -0.626. The number of carbonyl (C=O) groups excluding carboxylic acids is 1. The Hall–Kier alpha value is -3.15. The summed E-state index contributed by atoms with van der Waals surface area (Å²) in [5.41, 5.74) is 4.45. The van der Waals surface area contributed by atoms with Crippen LogP contribution in [-0.2, 0) is 0 Å². The van der Waals surface area contributed by atoms with E-state index < -0.39 is 11.4 Å². The van der Waals surface area contributed by atoms with E-state index in [0.29, 0.717) is 29.1 Å². The summed E-state index contributed by atoms with van der Waals surface area (Å²) in [6.07, 6.45) is 2.12. The number of nitrogens with one attached hydrogen (secondary N) is 2. The molecule has 1 fully saturated rings. The first kappa shape index (κ1) is 21.1. The molecule has 1 amide bonds. The van der Waals surface area contributed by atoms with Gasteiger partial charge in [-0.15, -0.1) is 0 Å². The molecule has 1 heterocycles. The zero-order valence-corrected chi connectivity index (χ0v) is 18.1. The van der Waals surface area contributed by atoms with Gasteiger partial charge >= 0.3 is 0 Å². The molecule has 0 spiro atoms. The van der Waals surface area contributed by atoms with Crippen LogP contribution < -0.4 is 16.3 Å². The summed E-state index contributed by atoms with van der Waals surface area (Å²) in [6.45, 7) is 6.28. The predicted molar refractivity (Wildman–Crippen MR) is 121 cm³/mol. The van der Waals surface area contributed by atoms with E-state index in [1.807, 2.05) is 44.2 Å². The van der Waals surface area contributed by atoms with Crippen molar-refractivity contribution in [2.45, 2.75) is 39.7 Å². The molecule has 0 unspecified atom stereocenters. The van der Waals surface area contributed by atoms with Crippen molar-refractivity contribution in [3.8, 4) is 0 Å². The summed E-state index contributed by atoms with van der Waals surface area (Å²) in [4.78, 5) is 26.6. The largest absolute Gasteiger partial charge is 0.345 e. The van der Waals surface area contributed by atoms with E-state index in [1.165, 1.54) is 16.8 Å². The average Bonchev–Trinajstić information content (AvgIpc) is 3.57. The molecule has 5 nitrogen and oxygen atoms in total. The summed E-state index contributed by atoms with van der Waals surface area (Å²) in [5.74, 6) is -0.260. The topological polar surface area (TPSA) is 63.1 Å². The molecule has 4 rings (SSSR count). The molecule has 1 aromatic heterocycles. The third-order valence-electron chi connectivity index (χ3n) is 5.82. The predicted octanol–water partition coefficient (Wildman–Crippen LogP) is 4.53. The second-order valence-corrected chi connectivity index (χ2v) is 8.72. The van der Waals surface area contributed by atoms with Gasteiger partial charge in [-0.3, -0.25) is 9.59 Å². The summed E-state index contributed by atoms with van der Waals surface area (Å²) in [6, 6.07) is 14.2. The minimum absolute atomic E-state index is 0.0720. The van der Waals surface area contributed by atoms with Gasteiger partial charge in [0.15, 0.2) is 0 Å². The number of aromatic nitrogens is 1. The van der Waals surface area contributed by atoms with Crippen molar-refractivity contribution in [2.24, 2.45) is 11.8 Å². The fraction of sp³-hybridized carbons (Fsp3) is 0.360. The van der Waals surface area contributed by atoms with Gasteiger partial charge in [0.2, 0.25) is 0 Å². The van der Waals surface area contributed by atoms with Crippen LogP contribution in [0.15, 0.2) is 53.3 Å². The van der Waals surface area contributed by atoms with Crippen molar-refractivity contribution in [1.82, 2.24) is 9.99 Å². The Balaban J connectivity index is 1.81. The quantitative estimate of drug-likeness (QED) is 0.589. The highest BCUT2D eigenvalue weighted by molar-refractivity contribution is 6.08. The maximum absolute atomic E-state index is 14.7. The smallest absolute Gasteiger partial charge is 0.279 e. The number of amides is 1. The van der Waals surface area contributed by atoms with Crippen LogP contribution >= 0.6 is 0 Å². The standard InChI is InChI=1S/C25H28FN3O2/c1-15(2)14-27-29-16(3)21(19-10-7-11-20(26)22(19)25(29)31)24(30)28-23(18-12-13-18)17-8-5-4-6-9-17/h4-11,15,18,23,27H,12-14H2,1-3H3,(H,28,30)/t23-/m1/s1. The number of fused-ring (bicyclic) bond motifs is 1. The van der Waals surface area contributed by atoms with Crippen LogP contribution in [0, 0.1) is 24.6 Å². The van der Waals surface area contributed by atoms with Crippen molar-refractivity contribution in [1.29, 1.82) is 0 Å². The third kappa shape index (κ3) is 4.20.